The molecule has 2 atom stereocenters. The number of hydrogen-bond acceptors (Lipinski definition) is 5. The fourth-order valence-electron chi connectivity index (χ4n) is 2.42. The van der Waals surface area contributed by atoms with E-state index in [-0.39, 0.29) is 24.7 Å². The summed E-state index contributed by atoms with van der Waals surface area (Å²) >= 11 is 0. The number of hydrogen-bond donors (Lipinski definition) is 1. The number of morpholine rings is 1. The Morgan fingerprint density at radius 3 is 2.81 bits per heavy atom. The van der Waals surface area contributed by atoms with E-state index in [1.165, 1.54) is 14.2 Å². The molecule has 6 heteroatoms. The molecule has 0 aromatic heterocycles. The molecule has 0 aliphatic carbocycles. The van der Waals surface area contributed by atoms with Crippen molar-refractivity contribution >= 4 is 5.91 Å². The molecule has 2 unspecified atom stereocenters. The summed E-state index contributed by atoms with van der Waals surface area (Å²) in [5.74, 6) is 0.784. The largest absolute Gasteiger partial charge is 0.493 e. The molecule has 1 heterocycles. The maximum Gasteiger partial charge on any atom is 0.258 e. The van der Waals surface area contributed by atoms with E-state index < -0.39 is 0 Å². The van der Waals surface area contributed by atoms with Gasteiger partial charge in [0.05, 0.1) is 45.1 Å². The zero-order chi connectivity index (χ0) is 15.4. The molecule has 1 aromatic rings. The van der Waals surface area contributed by atoms with Crippen LogP contribution in [0.25, 0.3) is 0 Å². The van der Waals surface area contributed by atoms with Crippen molar-refractivity contribution in [3.05, 3.63) is 23.8 Å². The zero-order valence-corrected chi connectivity index (χ0v) is 12.5. The Labute approximate surface area is 124 Å². The number of benzene rings is 1. The molecule has 0 spiro atoms. The van der Waals surface area contributed by atoms with Crippen molar-refractivity contribution in [2.75, 3.05) is 34.0 Å². The van der Waals surface area contributed by atoms with Crippen LogP contribution < -0.4 is 9.47 Å². The molecule has 116 valence electrons. The number of ether oxygens (including phenoxy) is 3. The number of carbonyl (C=O) groups excluding carboxylic acids is 1. The van der Waals surface area contributed by atoms with Crippen LogP contribution in [-0.4, -0.2) is 62.0 Å². The molecular weight excluding hydrogens is 274 g/mol. The summed E-state index contributed by atoms with van der Waals surface area (Å²) < 4.78 is 16.0. The number of carbonyl (C=O) groups is 1. The molecule has 0 saturated carbocycles. The molecule has 1 aromatic carbocycles. The Morgan fingerprint density at radius 1 is 1.43 bits per heavy atom. The van der Waals surface area contributed by atoms with Gasteiger partial charge in [-0.3, -0.25) is 4.79 Å². The van der Waals surface area contributed by atoms with Crippen molar-refractivity contribution in [1.29, 1.82) is 0 Å². The lowest BCUT2D eigenvalue weighted by Crippen LogP contribution is -2.52. The molecular formula is C15H21NO5. The first-order valence-corrected chi connectivity index (χ1v) is 6.86. The Bertz CT molecular complexity index is 505. The predicted octanol–water partition coefficient (Wildman–Crippen LogP) is 0.926. The minimum Gasteiger partial charge on any atom is -0.493 e. The normalized spacial score (nSPS) is 22.0. The van der Waals surface area contributed by atoms with Crippen LogP contribution in [0, 0.1) is 0 Å². The van der Waals surface area contributed by atoms with Crippen molar-refractivity contribution in [2.45, 2.75) is 19.1 Å². The number of rotatable bonds is 4. The van der Waals surface area contributed by atoms with Gasteiger partial charge in [-0.05, 0) is 19.1 Å². The van der Waals surface area contributed by atoms with Crippen LogP contribution in [0.15, 0.2) is 18.2 Å². The summed E-state index contributed by atoms with van der Waals surface area (Å²) in [6.07, 6.45) is -0.346. The number of amides is 1. The van der Waals surface area contributed by atoms with Gasteiger partial charge in [-0.25, -0.2) is 0 Å². The summed E-state index contributed by atoms with van der Waals surface area (Å²) in [6.45, 7) is 2.57. The Morgan fingerprint density at radius 2 is 2.19 bits per heavy atom. The highest BCUT2D eigenvalue weighted by Crippen LogP contribution is 2.32. The van der Waals surface area contributed by atoms with E-state index >= 15 is 0 Å². The highest BCUT2D eigenvalue weighted by molar-refractivity contribution is 5.98. The molecule has 0 radical (unpaired) electrons. The van der Waals surface area contributed by atoms with E-state index in [0.717, 1.165) is 0 Å². The van der Waals surface area contributed by atoms with E-state index in [0.29, 0.717) is 30.2 Å². The molecule has 2 rings (SSSR count). The smallest absolute Gasteiger partial charge is 0.258 e. The standard InChI is InChI=1S/C15H21NO5/c1-10-9-21-11(8-17)7-16(10)15(18)12-5-4-6-13(19-2)14(12)20-3/h4-6,10-11,17H,7-9H2,1-3H3. The first-order valence-electron chi connectivity index (χ1n) is 6.86. The summed E-state index contributed by atoms with van der Waals surface area (Å²) in [4.78, 5) is 14.5. The van der Waals surface area contributed by atoms with Crippen molar-refractivity contribution in [1.82, 2.24) is 4.90 Å². The lowest BCUT2D eigenvalue weighted by Gasteiger charge is -2.37. The monoisotopic (exact) mass is 295 g/mol. The molecule has 21 heavy (non-hydrogen) atoms. The molecule has 1 fully saturated rings. The van der Waals surface area contributed by atoms with Crippen LogP contribution in [0.1, 0.15) is 17.3 Å². The quantitative estimate of drug-likeness (QED) is 0.895. The number of aliphatic hydroxyl groups excluding tert-OH is 1. The maximum atomic E-state index is 12.8. The van der Waals surface area contributed by atoms with Crippen molar-refractivity contribution in [3.8, 4) is 11.5 Å². The highest BCUT2D eigenvalue weighted by atomic mass is 16.5. The fourth-order valence-corrected chi connectivity index (χ4v) is 2.42. The number of para-hydroxylation sites is 1. The third-order valence-corrected chi connectivity index (χ3v) is 3.60. The minimum absolute atomic E-state index is 0.0591. The van der Waals surface area contributed by atoms with Gasteiger partial charge >= 0.3 is 0 Å². The summed E-state index contributed by atoms with van der Waals surface area (Å²) in [6, 6.07) is 5.15. The lowest BCUT2D eigenvalue weighted by atomic mass is 10.1. The van der Waals surface area contributed by atoms with E-state index in [9.17, 15) is 9.90 Å². The second-order valence-corrected chi connectivity index (χ2v) is 4.99. The SMILES string of the molecule is COc1cccc(C(=O)N2CC(CO)OCC2C)c1OC. The Hall–Kier alpha value is -1.79. The van der Waals surface area contributed by atoms with E-state index in [4.69, 9.17) is 14.2 Å². The van der Waals surface area contributed by atoms with E-state index in [1.54, 1.807) is 23.1 Å². The summed E-state index contributed by atoms with van der Waals surface area (Å²) in [5.41, 5.74) is 0.447. The minimum atomic E-state index is -0.346. The van der Waals surface area contributed by atoms with Crippen LogP contribution in [0.2, 0.25) is 0 Å². The first kappa shape index (κ1) is 15.6. The van der Waals surface area contributed by atoms with Crippen molar-refractivity contribution in [2.24, 2.45) is 0 Å². The van der Waals surface area contributed by atoms with Crippen LogP contribution in [-0.2, 0) is 4.74 Å². The molecule has 0 bridgehead atoms. The van der Waals surface area contributed by atoms with E-state index in [1.807, 2.05) is 6.92 Å². The second kappa shape index (κ2) is 6.78. The van der Waals surface area contributed by atoms with E-state index in [2.05, 4.69) is 0 Å². The number of nitrogens with zero attached hydrogens (tertiary/aromatic N) is 1. The average molecular weight is 295 g/mol. The van der Waals surface area contributed by atoms with Gasteiger partial charge in [0.2, 0.25) is 0 Å². The summed E-state index contributed by atoms with van der Waals surface area (Å²) in [5, 5.41) is 9.22. The molecule has 1 saturated heterocycles. The average Bonchev–Trinajstić information content (AvgIpc) is 2.53. The van der Waals surface area contributed by atoms with Crippen LogP contribution in [0.4, 0.5) is 0 Å². The van der Waals surface area contributed by atoms with Crippen LogP contribution in [0.5, 0.6) is 11.5 Å². The topological polar surface area (TPSA) is 68.2 Å². The van der Waals surface area contributed by atoms with Gasteiger partial charge in [0.1, 0.15) is 0 Å². The predicted molar refractivity (Wildman–Crippen MR) is 76.9 cm³/mol. The third kappa shape index (κ3) is 3.11. The third-order valence-electron chi connectivity index (χ3n) is 3.60. The molecule has 6 nitrogen and oxygen atoms in total. The molecule has 1 amide bonds. The van der Waals surface area contributed by atoms with Gasteiger partial charge in [0.15, 0.2) is 11.5 Å². The fraction of sp³-hybridized carbons (Fsp3) is 0.533. The first-order chi connectivity index (χ1) is 10.1. The highest BCUT2D eigenvalue weighted by Gasteiger charge is 2.31. The van der Waals surface area contributed by atoms with Crippen LogP contribution in [0.3, 0.4) is 0 Å². The Kier molecular flexibility index (Phi) is 5.03. The number of methoxy groups -OCH3 is 2. The maximum absolute atomic E-state index is 12.8. The van der Waals surface area contributed by atoms with Crippen LogP contribution >= 0.6 is 0 Å². The van der Waals surface area contributed by atoms with Gasteiger partial charge in [-0.2, -0.15) is 0 Å². The van der Waals surface area contributed by atoms with Gasteiger partial charge in [0, 0.05) is 6.54 Å². The molecule has 1 aliphatic rings. The van der Waals surface area contributed by atoms with Gasteiger partial charge in [-0.15, -0.1) is 0 Å². The molecule has 1 aliphatic heterocycles. The van der Waals surface area contributed by atoms with Crippen molar-refractivity contribution in [3.63, 3.8) is 0 Å². The lowest BCUT2D eigenvalue weighted by molar-refractivity contribution is -0.0668. The van der Waals surface area contributed by atoms with Gasteiger partial charge < -0.3 is 24.2 Å². The Balaban J connectivity index is 2.30. The van der Waals surface area contributed by atoms with Gasteiger partial charge in [0.25, 0.3) is 5.91 Å². The number of aliphatic hydroxyl groups is 1. The summed E-state index contributed by atoms with van der Waals surface area (Å²) in [7, 11) is 3.04. The zero-order valence-electron chi connectivity index (χ0n) is 12.5. The molecule has 1 N–H and O–H groups in total. The second-order valence-electron chi connectivity index (χ2n) is 4.99. The van der Waals surface area contributed by atoms with Crippen molar-refractivity contribution < 1.29 is 24.1 Å². The van der Waals surface area contributed by atoms with Gasteiger partial charge in [-0.1, -0.05) is 6.07 Å².